The van der Waals surface area contributed by atoms with Gasteiger partial charge in [0.2, 0.25) is 0 Å². The second-order valence-electron chi connectivity index (χ2n) is 4.24. The van der Waals surface area contributed by atoms with Crippen LogP contribution in [-0.4, -0.2) is 38.4 Å². The summed E-state index contributed by atoms with van der Waals surface area (Å²) in [6.45, 7) is 7.34. The van der Waals surface area contributed by atoms with Crippen LogP contribution in [0, 0.1) is 0 Å². The van der Waals surface area contributed by atoms with Crippen molar-refractivity contribution in [2.75, 3.05) is 26.9 Å². The highest BCUT2D eigenvalue weighted by molar-refractivity contribution is 5.71. The third-order valence-corrected chi connectivity index (χ3v) is 1.98. The summed E-state index contributed by atoms with van der Waals surface area (Å²) in [6, 6.07) is 0. The minimum absolute atomic E-state index is 0.196. The number of carbonyl (C=O) groups is 1. The zero-order valence-electron chi connectivity index (χ0n) is 10.3. The molecule has 0 aliphatic carbocycles. The standard InChI is InChI=1S/C11H23NO3/c1-5-6-7-15-10(13)8-12-11(2,3)9-14-4/h12H,5-9H2,1-4H3. The number of carbonyl (C=O) groups excluding carboxylic acids is 1. The fourth-order valence-electron chi connectivity index (χ4n) is 1.10. The van der Waals surface area contributed by atoms with Crippen molar-refractivity contribution in [2.24, 2.45) is 0 Å². The SMILES string of the molecule is CCCCOC(=O)CNC(C)(C)COC. The molecule has 4 heteroatoms. The third kappa shape index (κ3) is 8.39. The van der Waals surface area contributed by atoms with E-state index in [0.29, 0.717) is 13.2 Å². The fraction of sp³-hybridized carbons (Fsp3) is 0.909. The van der Waals surface area contributed by atoms with Crippen LogP contribution in [0.2, 0.25) is 0 Å². The van der Waals surface area contributed by atoms with Crippen LogP contribution in [0.25, 0.3) is 0 Å². The summed E-state index contributed by atoms with van der Waals surface area (Å²) < 4.78 is 10.0. The van der Waals surface area contributed by atoms with E-state index in [1.165, 1.54) is 0 Å². The van der Waals surface area contributed by atoms with Crippen LogP contribution in [0.3, 0.4) is 0 Å². The van der Waals surface area contributed by atoms with Crippen molar-refractivity contribution in [2.45, 2.75) is 39.2 Å². The number of ether oxygens (including phenoxy) is 2. The highest BCUT2D eigenvalue weighted by Gasteiger charge is 2.18. The van der Waals surface area contributed by atoms with E-state index in [1.807, 2.05) is 13.8 Å². The number of nitrogens with one attached hydrogen (secondary N) is 1. The maximum atomic E-state index is 11.2. The summed E-state index contributed by atoms with van der Waals surface area (Å²) in [5.74, 6) is -0.201. The van der Waals surface area contributed by atoms with Crippen LogP contribution in [-0.2, 0) is 14.3 Å². The van der Waals surface area contributed by atoms with Crippen molar-refractivity contribution < 1.29 is 14.3 Å². The molecule has 0 unspecified atom stereocenters. The van der Waals surface area contributed by atoms with Gasteiger partial charge in [-0.25, -0.2) is 0 Å². The van der Waals surface area contributed by atoms with E-state index >= 15 is 0 Å². The molecule has 0 aliphatic heterocycles. The molecule has 0 saturated carbocycles. The zero-order chi connectivity index (χ0) is 11.7. The molecule has 15 heavy (non-hydrogen) atoms. The predicted octanol–water partition coefficient (Wildman–Crippen LogP) is 1.34. The summed E-state index contributed by atoms with van der Waals surface area (Å²) >= 11 is 0. The van der Waals surface area contributed by atoms with Crippen molar-refractivity contribution in [1.82, 2.24) is 5.32 Å². The van der Waals surface area contributed by atoms with Gasteiger partial charge in [0.1, 0.15) is 0 Å². The topological polar surface area (TPSA) is 47.6 Å². The molecule has 0 aliphatic rings. The molecule has 0 aromatic carbocycles. The van der Waals surface area contributed by atoms with Crippen molar-refractivity contribution in [3.8, 4) is 0 Å². The summed E-state index contributed by atoms with van der Waals surface area (Å²) in [5, 5.41) is 3.09. The molecular formula is C11H23NO3. The minimum Gasteiger partial charge on any atom is -0.465 e. The van der Waals surface area contributed by atoms with Gasteiger partial charge in [0, 0.05) is 12.6 Å². The largest absolute Gasteiger partial charge is 0.465 e. The number of unbranched alkanes of at least 4 members (excludes halogenated alkanes) is 1. The lowest BCUT2D eigenvalue weighted by atomic mass is 10.1. The molecule has 0 radical (unpaired) electrons. The van der Waals surface area contributed by atoms with Gasteiger partial charge in [0.25, 0.3) is 0 Å². The molecule has 4 nitrogen and oxygen atoms in total. The molecule has 0 amide bonds. The number of methoxy groups -OCH3 is 1. The lowest BCUT2D eigenvalue weighted by Gasteiger charge is -2.24. The smallest absolute Gasteiger partial charge is 0.319 e. The third-order valence-electron chi connectivity index (χ3n) is 1.98. The Bertz CT molecular complexity index is 181. The first-order valence-corrected chi connectivity index (χ1v) is 5.41. The molecule has 90 valence electrons. The van der Waals surface area contributed by atoms with E-state index in [9.17, 15) is 4.79 Å². The first-order valence-electron chi connectivity index (χ1n) is 5.41. The lowest BCUT2D eigenvalue weighted by molar-refractivity contribution is -0.143. The maximum absolute atomic E-state index is 11.2. The highest BCUT2D eigenvalue weighted by Crippen LogP contribution is 2.01. The summed E-state index contributed by atoms with van der Waals surface area (Å²) in [7, 11) is 1.64. The maximum Gasteiger partial charge on any atom is 0.319 e. The van der Waals surface area contributed by atoms with Gasteiger partial charge in [-0.05, 0) is 20.3 Å². The van der Waals surface area contributed by atoms with E-state index in [1.54, 1.807) is 7.11 Å². The Morgan fingerprint density at radius 1 is 1.40 bits per heavy atom. The zero-order valence-corrected chi connectivity index (χ0v) is 10.3. The second kappa shape index (κ2) is 7.65. The minimum atomic E-state index is -0.201. The average Bonchev–Trinajstić information content (AvgIpc) is 2.15. The van der Waals surface area contributed by atoms with E-state index < -0.39 is 0 Å². The van der Waals surface area contributed by atoms with Crippen molar-refractivity contribution in [3.63, 3.8) is 0 Å². The summed E-state index contributed by atoms with van der Waals surface area (Å²) in [5.41, 5.74) is -0.196. The Hall–Kier alpha value is -0.610. The van der Waals surface area contributed by atoms with Gasteiger partial charge in [-0.1, -0.05) is 13.3 Å². The van der Waals surface area contributed by atoms with E-state index in [2.05, 4.69) is 12.2 Å². The molecule has 0 atom stereocenters. The first-order chi connectivity index (χ1) is 7.02. The molecule has 0 aromatic heterocycles. The monoisotopic (exact) mass is 217 g/mol. The molecular weight excluding hydrogens is 194 g/mol. The van der Waals surface area contributed by atoms with E-state index in [0.717, 1.165) is 12.8 Å². The Kier molecular flexibility index (Phi) is 7.34. The van der Waals surface area contributed by atoms with Gasteiger partial charge in [-0.15, -0.1) is 0 Å². The number of rotatable bonds is 8. The first kappa shape index (κ1) is 14.4. The van der Waals surface area contributed by atoms with E-state index in [4.69, 9.17) is 9.47 Å². The summed E-state index contributed by atoms with van der Waals surface area (Å²) in [4.78, 5) is 11.2. The fourth-order valence-corrected chi connectivity index (χ4v) is 1.10. The van der Waals surface area contributed by atoms with Gasteiger partial charge in [0.15, 0.2) is 0 Å². The lowest BCUT2D eigenvalue weighted by Crippen LogP contribution is -2.46. The molecule has 0 spiro atoms. The van der Waals surface area contributed by atoms with Gasteiger partial charge in [-0.2, -0.15) is 0 Å². The molecule has 0 bridgehead atoms. The van der Waals surface area contributed by atoms with Crippen molar-refractivity contribution >= 4 is 5.97 Å². The van der Waals surface area contributed by atoms with Crippen molar-refractivity contribution in [3.05, 3.63) is 0 Å². The van der Waals surface area contributed by atoms with Gasteiger partial charge in [-0.3, -0.25) is 10.1 Å². The molecule has 0 saturated heterocycles. The quantitative estimate of drug-likeness (QED) is 0.492. The van der Waals surface area contributed by atoms with E-state index in [-0.39, 0.29) is 18.1 Å². The van der Waals surface area contributed by atoms with Crippen LogP contribution in [0.1, 0.15) is 33.6 Å². The number of hydrogen-bond acceptors (Lipinski definition) is 4. The van der Waals surface area contributed by atoms with Gasteiger partial charge < -0.3 is 9.47 Å². The molecule has 0 heterocycles. The van der Waals surface area contributed by atoms with Crippen LogP contribution in [0.15, 0.2) is 0 Å². The molecule has 0 rings (SSSR count). The molecule has 1 N–H and O–H groups in total. The van der Waals surface area contributed by atoms with Crippen LogP contribution >= 0.6 is 0 Å². The van der Waals surface area contributed by atoms with Crippen LogP contribution in [0.5, 0.6) is 0 Å². The van der Waals surface area contributed by atoms with Crippen molar-refractivity contribution in [1.29, 1.82) is 0 Å². The van der Waals surface area contributed by atoms with Crippen LogP contribution < -0.4 is 5.32 Å². The van der Waals surface area contributed by atoms with Gasteiger partial charge >= 0.3 is 5.97 Å². The Labute approximate surface area is 92.3 Å². The normalized spacial score (nSPS) is 11.5. The second-order valence-corrected chi connectivity index (χ2v) is 4.24. The predicted molar refractivity (Wildman–Crippen MR) is 59.8 cm³/mol. The Morgan fingerprint density at radius 2 is 2.07 bits per heavy atom. The van der Waals surface area contributed by atoms with Gasteiger partial charge in [0.05, 0.1) is 19.8 Å². The Balaban J connectivity index is 3.60. The summed E-state index contributed by atoms with van der Waals surface area (Å²) in [6.07, 6.45) is 1.96. The van der Waals surface area contributed by atoms with Crippen LogP contribution in [0.4, 0.5) is 0 Å². The number of esters is 1. The number of hydrogen-bond donors (Lipinski definition) is 1. The average molecular weight is 217 g/mol. The highest BCUT2D eigenvalue weighted by atomic mass is 16.5. The Morgan fingerprint density at radius 3 is 2.60 bits per heavy atom. The molecule has 0 aromatic rings. The molecule has 0 fully saturated rings.